The van der Waals surface area contributed by atoms with E-state index in [9.17, 15) is 5.11 Å². The van der Waals surface area contributed by atoms with Crippen molar-refractivity contribution in [3.05, 3.63) is 41.6 Å². The third-order valence-electron chi connectivity index (χ3n) is 6.59. The lowest BCUT2D eigenvalue weighted by atomic mass is 9.63. The second-order valence-electron chi connectivity index (χ2n) is 8.43. The predicted molar refractivity (Wildman–Crippen MR) is 117 cm³/mol. The number of hydrogen-bond acceptors (Lipinski definition) is 7. The van der Waals surface area contributed by atoms with E-state index in [0.717, 1.165) is 44.6 Å². The molecule has 0 amide bonds. The summed E-state index contributed by atoms with van der Waals surface area (Å²) >= 11 is 0. The van der Waals surface area contributed by atoms with Crippen molar-refractivity contribution in [3.63, 3.8) is 0 Å². The van der Waals surface area contributed by atoms with E-state index in [0.29, 0.717) is 30.7 Å². The second kappa shape index (κ2) is 9.40. The number of aliphatic hydroxyl groups is 1. The number of piperidine rings is 1. The van der Waals surface area contributed by atoms with Crippen molar-refractivity contribution in [3.8, 4) is 17.6 Å². The molecule has 1 aromatic heterocycles. The predicted octanol–water partition coefficient (Wildman–Crippen LogP) is 3.40. The topological polar surface area (TPSA) is 76.9 Å². The van der Waals surface area contributed by atoms with Crippen molar-refractivity contribution >= 4 is 0 Å². The van der Waals surface area contributed by atoms with Gasteiger partial charge < -0.3 is 19.3 Å². The minimum atomic E-state index is -0.982. The number of ether oxygens (including phenoxy) is 3. The van der Waals surface area contributed by atoms with E-state index in [1.807, 2.05) is 26.0 Å². The van der Waals surface area contributed by atoms with Crippen LogP contribution < -0.4 is 14.2 Å². The van der Waals surface area contributed by atoms with E-state index in [4.69, 9.17) is 14.2 Å². The minimum Gasteiger partial charge on any atom is -0.497 e. The van der Waals surface area contributed by atoms with E-state index in [-0.39, 0.29) is 11.8 Å². The van der Waals surface area contributed by atoms with Gasteiger partial charge in [0.05, 0.1) is 25.9 Å². The molecule has 1 saturated carbocycles. The van der Waals surface area contributed by atoms with Crippen LogP contribution in [-0.2, 0) is 12.1 Å². The molecule has 7 heteroatoms. The molecular formula is C24H33N3O4. The highest BCUT2D eigenvalue weighted by Crippen LogP contribution is 2.51. The maximum absolute atomic E-state index is 12.1. The highest BCUT2D eigenvalue weighted by Gasteiger charge is 2.53. The van der Waals surface area contributed by atoms with Gasteiger partial charge in [-0.15, -0.1) is 0 Å². The number of rotatable bonds is 8. The lowest BCUT2D eigenvalue weighted by molar-refractivity contribution is -0.150. The van der Waals surface area contributed by atoms with Crippen LogP contribution in [0.1, 0.15) is 44.2 Å². The fourth-order valence-corrected chi connectivity index (χ4v) is 5.17. The van der Waals surface area contributed by atoms with Gasteiger partial charge in [0.2, 0.25) is 5.88 Å². The maximum atomic E-state index is 12.1. The van der Waals surface area contributed by atoms with E-state index in [1.165, 1.54) is 5.56 Å². The summed E-state index contributed by atoms with van der Waals surface area (Å²) in [6.07, 6.45) is 4.80. The zero-order valence-electron chi connectivity index (χ0n) is 18.7. The van der Waals surface area contributed by atoms with Crippen LogP contribution in [0.25, 0.3) is 0 Å². The summed E-state index contributed by atoms with van der Waals surface area (Å²) in [6.45, 7) is 7.31. The van der Waals surface area contributed by atoms with Crippen LogP contribution in [0.5, 0.6) is 17.6 Å². The van der Waals surface area contributed by atoms with Crippen LogP contribution >= 0.6 is 0 Å². The first kappa shape index (κ1) is 21.8. The molecule has 2 aromatic rings. The first-order valence-corrected chi connectivity index (χ1v) is 11.3. The number of aromatic nitrogens is 2. The van der Waals surface area contributed by atoms with E-state index < -0.39 is 5.60 Å². The number of likely N-dealkylation sites (tertiary alicyclic amines) is 1. The van der Waals surface area contributed by atoms with Gasteiger partial charge in [0.1, 0.15) is 11.4 Å². The molecule has 1 N–H and O–H groups in total. The molecule has 0 unspecified atom stereocenters. The molecule has 1 aromatic carbocycles. The highest BCUT2D eigenvalue weighted by atomic mass is 16.5. The molecule has 1 saturated heterocycles. The van der Waals surface area contributed by atoms with Crippen LogP contribution in [0, 0.1) is 11.8 Å². The Morgan fingerprint density at radius 2 is 1.74 bits per heavy atom. The molecule has 1 aliphatic heterocycles. The Balaban J connectivity index is 1.58. The second-order valence-corrected chi connectivity index (χ2v) is 8.43. The molecule has 2 bridgehead atoms. The first-order chi connectivity index (χ1) is 15.1. The van der Waals surface area contributed by atoms with Gasteiger partial charge in [-0.3, -0.25) is 4.90 Å². The summed E-state index contributed by atoms with van der Waals surface area (Å²) in [4.78, 5) is 11.3. The molecule has 2 atom stereocenters. The smallest absolute Gasteiger partial charge is 0.319 e. The zero-order valence-corrected chi connectivity index (χ0v) is 18.7. The summed E-state index contributed by atoms with van der Waals surface area (Å²) in [5.41, 5.74) is 0.976. The number of hydrogen-bond donors (Lipinski definition) is 1. The van der Waals surface area contributed by atoms with E-state index in [1.54, 1.807) is 13.3 Å². The SMILES string of the molecule is CCOc1ncc(C2(O)[C@H]3CCC[C@H]2CN(Cc2ccc(OC)cc2)C3)c(OCC)n1. The first-order valence-electron chi connectivity index (χ1n) is 11.3. The Morgan fingerprint density at radius 3 is 2.35 bits per heavy atom. The third-order valence-corrected chi connectivity index (χ3v) is 6.59. The molecule has 31 heavy (non-hydrogen) atoms. The molecule has 1 aliphatic carbocycles. The zero-order chi connectivity index (χ0) is 21.8. The van der Waals surface area contributed by atoms with Gasteiger partial charge in [-0.2, -0.15) is 4.98 Å². The van der Waals surface area contributed by atoms with Crippen LogP contribution in [-0.4, -0.2) is 53.4 Å². The largest absolute Gasteiger partial charge is 0.497 e. The summed E-state index contributed by atoms with van der Waals surface area (Å²) in [5.74, 6) is 1.54. The molecular weight excluding hydrogens is 394 g/mol. The number of nitrogens with zero attached hydrogens (tertiary/aromatic N) is 3. The standard InChI is InChI=1S/C24H33N3O4/c1-4-30-22-21(13-25-23(26-22)31-5-2)24(28)18-7-6-8-19(24)16-27(15-18)14-17-9-11-20(29-3)12-10-17/h9-13,18-19,28H,4-8,14-16H2,1-3H3/t18-,19-/m0/s1. The van der Waals surface area contributed by atoms with Crippen LogP contribution in [0.4, 0.5) is 0 Å². The van der Waals surface area contributed by atoms with Gasteiger partial charge in [-0.25, -0.2) is 4.98 Å². The van der Waals surface area contributed by atoms with Gasteiger partial charge in [0.25, 0.3) is 0 Å². The van der Waals surface area contributed by atoms with Crippen molar-refractivity contribution in [1.29, 1.82) is 0 Å². The van der Waals surface area contributed by atoms with Gasteiger partial charge >= 0.3 is 6.01 Å². The van der Waals surface area contributed by atoms with Crippen molar-refractivity contribution < 1.29 is 19.3 Å². The average Bonchev–Trinajstić information content (AvgIpc) is 2.76. The van der Waals surface area contributed by atoms with Gasteiger partial charge in [0, 0.05) is 37.7 Å². The van der Waals surface area contributed by atoms with Crippen LogP contribution in [0.3, 0.4) is 0 Å². The molecule has 4 rings (SSSR count). The molecule has 0 radical (unpaired) electrons. The molecule has 168 valence electrons. The molecule has 2 fully saturated rings. The van der Waals surface area contributed by atoms with Crippen molar-refractivity contribution in [2.75, 3.05) is 33.4 Å². The fraction of sp³-hybridized carbons (Fsp3) is 0.583. The average molecular weight is 428 g/mol. The highest BCUT2D eigenvalue weighted by molar-refractivity contribution is 5.35. The molecule has 2 heterocycles. The van der Waals surface area contributed by atoms with E-state index in [2.05, 4.69) is 27.0 Å². The van der Waals surface area contributed by atoms with Crippen molar-refractivity contribution in [2.24, 2.45) is 11.8 Å². The maximum Gasteiger partial charge on any atom is 0.319 e. The van der Waals surface area contributed by atoms with Gasteiger partial charge in [-0.1, -0.05) is 18.6 Å². The van der Waals surface area contributed by atoms with Crippen molar-refractivity contribution in [2.45, 2.75) is 45.3 Å². The Labute approximate surface area is 184 Å². The molecule has 0 spiro atoms. The number of fused-ring (bicyclic) bond motifs is 2. The summed E-state index contributed by atoms with van der Waals surface area (Å²) in [6, 6.07) is 8.52. The van der Waals surface area contributed by atoms with Gasteiger partial charge in [0.15, 0.2) is 0 Å². The quantitative estimate of drug-likeness (QED) is 0.692. The lowest BCUT2D eigenvalue weighted by Crippen LogP contribution is -2.58. The molecule has 2 aliphatic rings. The normalized spacial score (nSPS) is 25.8. The summed E-state index contributed by atoms with van der Waals surface area (Å²) in [5, 5.41) is 12.1. The third kappa shape index (κ3) is 4.34. The van der Waals surface area contributed by atoms with E-state index >= 15 is 0 Å². The Kier molecular flexibility index (Phi) is 6.62. The monoisotopic (exact) mass is 427 g/mol. The Bertz CT molecular complexity index is 860. The summed E-state index contributed by atoms with van der Waals surface area (Å²) < 4.78 is 16.6. The Hall–Kier alpha value is -2.38. The van der Waals surface area contributed by atoms with Crippen LogP contribution in [0.2, 0.25) is 0 Å². The fourth-order valence-electron chi connectivity index (χ4n) is 5.17. The Morgan fingerprint density at radius 1 is 1.06 bits per heavy atom. The molecule has 7 nitrogen and oxygen atoms in total. The number of methoxy groups -OCH3 is 1. The van der Waals surface area contributed by atoms with Crippen LogP contribution in [0.15, 0.2) is 30.5 Å². The minimum absolute atomic E-state index is 0.110. The van der Waals surface area contributed by atoms with Gasteiger partial charge in [-0.05, 0) is 44.4 Å². The lowest BCUT2D eigenvalue weighted by Gasteiger charge is -2.53. The number of benzene rings is 1. The summed E-state index contributed by atoms with van der Waals surface area (Å²) in [7, 11) is 1.68. The van der Waals surface area contributed by atoms with Crippen molar-refractivity contribution in [1.82, 2.24) is 14.9 Å².